The summed E-state index contributed by atoms with van der Waals surface area (Å²) in [5, 5.41) is 8.09. The smallest absolute Gasteiger partial charge is 0.231 e. The van der Waals surface area contributed by atoms with E-state index >= 15 is 0 Å². The van der Waals surface area contributed by atoms with Crippen molar-refractivity contribution in [3.63, 3.8) is 0 Å². The monoisotopic (exact) mass is 346 g/mol. The number of nitrogens with zero attached hydrogens (tertiary/aromatic N) is 3. The van der Waals surface area contributed by atoms with Gasteiger partial charge in [-0.15, -0.1) is 10.2 Å². The normalized spacial score (nSPS) is 16.1. The zero-order chi connectivity index (χ0) is 17.0. The number of piperidine rings is 1. The fourth-order valence-corrected chi connectivity index (χ4v) is 3.54. The molecule has 7 heteroatoms. The van der Waals surface area contributed by atoms with Gasteiger partial charge < -0.3 is 4.90 Å². The first kappa shape index (κ1) is 16.7. The Morgan fingerprint density at radius 3 is 2.38 bits per heavy atom. The molecule has 3 rings (SSSR count). The van der Waals surface area contributed by atoms with Gasteiger partial charge in [0.2, 0.25) is 10.0 Å². The molecule has 2 heterocycles. The Kier molecular flexibility index (Phi) is 4.99. The minimum Gasteiger partial charge on any atom is -0.355 e. The van der Waals surface area contributed by atoms with Crippen molar-refractivity contribution in [1.82, 2.24) is 10.2 Å². The summed E-state index contributed by atoms with van der Waals surface area (Å²) in [6.07, 6.45) is 4.47. The minimum absolute atomic E-state index is 0.250. The number of aromatic nitrogens is 2. The fraction of sp³-hybridized carbons (Fsp3) is 0.412. The largest absolute Gasteiger partial charge is 0.355 e. The quantitative estimate of drug-likeness (QED) is 0.899. The van der Waals surface area contributed by atoms with E-state index in [0.717, 1.165) is 44.4 Å². The molecule has 0 unspecified atom stereocenters. The van der Waals surface area contributed by atoms with E-state index in [4.69, 9.17) is 0 Å². The predicted molar refractivity (Wildman–Crippen MR) is 95.6 cm³/mol. The molecule has 1 saturated heterocycles. The lowest BCUT2D eigenvalue weighted by molar-refractivity contribution is 0.402. The summed E-state index contributed by atoms with van der Waals surface area (Å²) in [5.74, 6) is 1.75. The molecule has 0 spiro atoms. The first-order valence-electron chi connectivity index (χ1n) is 8.10. The predicted octanol–water partition coefficient (Wildman–Crippen LogP) is 2.31. The third kappa shape index (κ3) is 4.67. The van der Waals surface area contributed by atoms with Crippen LogP contribution >= 0.6 is 0 Å². The van der Waals surface area contributed by atoms with Crippen molar-refractivity contribution < 1.29 is 8.42 Å². The van der Waals surface area contributed by atoms with Gasteiger partial charge >= 0.3 is 0 Å². The molecule has 0 amide bonds. The molecule has 128 valence electrons. The average Bonchev–Trinajstić information content (AvgIpc) is 2.56. The number of hydrogen-bond acceptors (Lipinski definition) is 5. The lowest BCUT2D eigenvalue weighted by Gasteiger charge is -2.32. The molecule has 6 nitrogen and oxygen atoms in total. The van der Waals surface area contributed by atoms with Crippen molar-refractivity contribution >= 4 is 21.7 Å². The first-order chi connectivity index (χ1) is 11.5. The number of nitrogens with one attached hydrogen (secondary N) is 1. The van der Waals surface area contributed by atoms with Gasteiger partial charge in [0, 0.05) is 13.1 Å². The molecule has 1 fully saturated rings. The summed E-state index contributed by atoms with van der Waals surface area (Å²) in [6, 6.07) is 14.1. The van der Waals surface area contributed by atoms with Gasteiger partial charge in [-0.2, -0.15) is 0 Å². The van der Waals surface area contributed by atoms with Gasteiger partial charge in [-0.25, -0.2) is 8.42 Å². The Bertz CT molecular complexity index is 755. The van der Waals surface area contributed by atoms with Crippen LogP contribution in [0.5, 0.6) is 0 Å². The Morgan fingerprint density at radius 1 is 1.08 bits per heavy atom. The Balaban J connectivity index is 1.54. The number of hydrogen-bond donors (Lipinski definition) is 1. The van der Waals surface area contributed by atoms with E-state index in [1.54, 1.807) is 6.07 Å². The first-order valence-corrected chi connectivity index (χ1v) is 9.99. The summed E-state index contributed by atoms with van der Waals surface area (Å²) in [6.45, 7) is 1.90. The lowest BCUT2D eigenvalue weighted by atomic mass is 9.90. The molecule has 24 heavy (non-hydrogen) atoms. The van der Waals surface area contributed by atoms with Crippen molar-refractivity contribution in [2.45, 2.75) is 19.3 Å². The van der Waals surface area contributed by atoms with E-state index in [9.17, 15) is 8.42 Å². The van der Waals surface area contributed by atoms with E-state index in [1.807, 2.05) is 12.1 Å². The molecule has 0 radical (unpaired) electrons. The topological polar surface area (TPSA) is 75.2 Å². The molecule has 2 aromatic rings. The molecule has 0 aliphatic carbocycles. The van der Waals surface area contributed by atoms with Crippen LogP contribution in [0, 0.1) is 5.92 Å². The van der Waals surface area contributed by atoms with Crippen LogP contribution in [0.4, 0.5) is 11.6 Å². The SMILES string of the molecule is CS(=O)(=O)Nc1ccc(N2CCC(Cc3ccccc3)CC2)nn1. The Morgan fingerprint density at radius 2 is 1.79 bits per heavy atom. The highest BCUT2D eigenvalue weighted by Crippen LogP contribution is 2.24. The van der Waals surface area contributed by atoms with Crippen molar-refractivity contribution in [2.75, 3.05) is 29.0 Å². The zero-order valence-corrected chi connectivity index (χ0v) is 14.5. The molecule has 1 aromatic heterocycles. The van der Waals surface area contributed by atoms with E-state index in [1.165, 1.54) is 5.56 Å². The highest BCUT2D eigenvalue weighted by atomic mass is 32.2. The summed E-state index contributed by atoms with van der Waals surface area (Å²) >= 11 is 0. The number of sulfonamides is 1. The molecule has 1 N–H and O–H groups in total. The van der Waals surface area contributed by atoms with Crippen LogP contribution in [0.2, 0.25) is 0 Å². The van der Waals surface area contributed by atoms with E-state index in [0.29, 0.717) is 5.92 Å². The zero-order valence-electron chi connectivity index (χ0n) is 13.7. The standard InChI is InChI=1S/C17H22N4O2S/c1-24(22,23)20-16-7-8-17(19-18-16)21-11-9-15(10-12-21)13-14-5-3-2-4-6-14/h2-8,15H,9-13H2,1H3,(H,18,20). The number of rotatable bonds is 5. The molecular formula is C17H22N4O2S. The van der Waals surface area contributed by atoms with Crippen LogP contribution in [0.15, 0.2) is 42.5 Å². The van der Waals surface area contributed by atoms with E-state index in [-0.39, 0.29) is 5.82 Å². The number of anilines is 2. The van der Waals surface area contributed by atoms with E-state index in [2.05, 4.69) is 44.1 Å². The summed E-state index contributed by atoms with van der Waals surface area (Å²) in [5.41, 5.74) is 1.40. The van der Waals surface area contributed by atoms with Gasteiger partial charge in [-0.05, 0) is 42.9 Å². The van der Waals surface area contributed by atoms with Gasteiger partial charge in [-0.1, -0.05) is 30.3 Å². The molecule has 0 bridgehead atoms. The summed E-state index contributed by atoms with van der Waals surface area (Å²) < 4.78 is 24.7. The van der Waals surface area contributed by atoms with Crippen molar-refractivity contribution in [2.24, 2.45) is 5.92 Å². The van der Waals surface area contributed by atoms with Crippen LogP contribution in [0.3, 0.4) is 0 Å². The molecule has 1 aliphatic rings. The fourth-order valence-electron chi connectivity index (χ4n) is 3.05. The maximum absolute atomic E-state index is 11.2. The Hall–Kier alpha value is -2.15. The van der Waals surface area contributed by atoms with Crippen LogP contribution < -0.4 is 9.62 Å². The maximum Gasteiger partial charge on any atom is 0.231 e. The molecule has 0 saturated carbocycles. The van der Waals surface area contributed by atoms with Crippen LogP contribution in [-0.4, -0.2) is 38.0 Å². The van der Waals surface area contributed by atoms with Gasteiger partial charge in [0.25, 0.3) is 0 Å². The molecule has 1 aromatic carbocycles. The number of benzene rings is 1. The van der Waals surface area contributed by atoms with Crippen molar-refractivity contribution in [1.29, 1.82) is 0 Å². The maximum atomic E-state index is 11.2. The summed E-state index contributed by atoms with van der Waals surface area (Å²) in [4.78, 5) is 2.21. The summed E-state index contributed by atoms with van der Waals surface area (Å²) in [7, 11) is -3.32. The average molecular weight is 346 g/mol. The molecular weight excluding hydrogens is 324 g/mol. The molecule has 0 atom stereocenters. The van der Waals surface area contributed by atoms with E-state index < -0.39 is 10.0 Å². The third-order valence-corrected chi connectivity index (χ3v) is 4.83. The van der Waals surface area contributed by atoms with Crippen LogP contribution in [-0.2, 0) is 16.4 Å². The van der Waals surface area contributed by atoms with Gasteiger partial charge in [0.1, 0.15) is 0 Å². The van der Waals surface area contributed by atoms with Crippen molar-refractivity contribution in [3.8, 4) is 0 Å². The van der Waals surface area contributed by atoms with Gasteiger partial charge in [-0.3, -0.25) is 4.72 Å². The van der Waals surface area contributed by atoms with Crippen LogP contribution in [0.1, 0.15) is 18.4 Å². The minimum atomic E-state index is -3.32. The van der Waals surface area contributed by atoms with Gasteiger partial charge in [0.05, 0.1) is 6.26 Å². The van der Waals surface area contributed by atoms with Crippen LogP contribution in [0.25, 0.3) is 0 Å². The molecule has 1 aliphatic heterocycles. The third-order valence-electron chi connectivity index (χ3n) is 4.25. The highest BCUT2D eigenvalue weighted by molar-refractivity contribution is 7.92. The second-order valence-corrected chi connectivity index (χ2v) is 8.02. The second-order valence-electron chi connectivity index (χ2n) is 6.27. The lowest BCUT2D eigenvalue weighted by Crippen LogP contribution is -2.35. The Labute approximate surface area is 143 Å². The second kappa shape index (κ2) is 7.17. The van der Waals surface area contributed by atoms with Gasteiger partial charge in [0.15, 0.2) is 11.6 Å². The van der Waals surface area contributed by atoms with Crippen molar-refractivity contribution in [3.05, 3.63) is 48.0 Å². The highest BCUT2D eigenvalue weighted by Gasteiger charge is 2.20.